The minimum Gasteiger partial charge on any atom is -0.463 e. The number of carbonyl (C=O) groups is 1. The molecule has 0 heterocycles. The minimum atomic E-state index is -0.0877. The van der Waals surface area contributed by atoms with Crippen molar-refractivity contribution in [1.82, 2.24) is 0 Å². The van der Waals surface area contributed by atoms with Gasteiger partial charge in [0.25, 0.3) is 0 Å². The molecular formula is C29H50O2. The van der Waals surface area contributed by atoms with E-state index in [1.807, 2.05) is 0 Å². The summed E-state index contributed by atoms with van der Waals surface area (Å²) < 4.78 is 5.65. The van der Waals surface area contributed by atoms with Crippen LogP contribution in [0.1, 0.15) is 119 Å². The van der Waals surface area contributed by atoms with Gasteiger partial charge in [-0.3, -0.25) is 4.79 Å². The van der Waals surface area contributed by atoms with Crippen molar-refractivity contribution in [1.29, 1.82) is 0 Å². The average Bonchev–Trinajstić information content (AvgIpc) is 3.05. The molecule has 7 unspecified atom stereocenters. The number of hydrogen-bond donors (Lipinski definition) is 0. The zero-order valence-electron chi connectivity index (χ0n) is 21.4. The predicted molar refractivity (Wildman–Crippen MR) is 129 cm³/mol. The van der Waals surface area contributed by atoms with E-state index in [-0.39, 0.29) is 12.1 Å². The molecule has 0 spiro atoms. The summed E-state index contributed by atoms with van der Waals surface area (Å²) in [6, 6.07) is 0. The highest BCUT2D eigenvalue weighted by Gasteiger charge is 2.60. The molecule has 0 aromatic heterocycles. The van der Waals surface area contributed by atoms with Gasteiger partial charge in [-0.1, -0.05) is 53.9 Å². The van der Waals surface area contributed by atoms with Crippen LogP contribution in [0.3, 0.4) is 0 Å². The second-order valence-electron chi connectivity index (χ2n) is 13.2. The van der Waals surface area contributed by atoms with Crippen LogP contribution in [0, 0.1) is 52.3 Å². The molecule has 9 atom stereocenters. The van der Waals surface area contributed by atoms with Crippen LogP contribution in [0.25, 0.3) is 0 Å². The van der Waals surface area contributed by atoms with Gasteiger partial charge in [0.15, 0.2) is 0 Å². The Bertz CT molecular complexity index is 641. The maximum absolute atomic E-state index is 11.5. The summed E-state index contributed by atoms with van der Waals surface area (Å²) in [4.78, 5) is 11.5. The molecular weight excluding hydrogens is 380 g/mol. The third-order valence-electron chi connectivity index (χ3n) is 11.2. The third-order valence-corrected chi connectivity index (χ3v) is 11.2. The zero-order chi connectivity index (χ0) is 22.4. The van der Waals surface area contributed by atoms with E-state index in [2.05, 4.69) is 34.6 Å². The second-order valence-corrected chi connectivity index (χ2v) is 13.2. The van der Waals surface area contributed by atoms with Gasteiger partial charge in [0.1, 0.15) is 6.10 Å². The molecule has 0 saturated heterocycles. The Morgan fingerprint density at radius 2 is 1.61 bits per heavy atom. The first kappa shape index (κ1) is 23.6. The van der Waals surface area contributed by atoms with Gasteiger partial charge in [0, 0.05) is 6.92 Å². The van der Waals surface area contributed by atoms with Crippen LogP contribution in [0.5, 0.6) is 0 Å². The molecule has 2 nitrogen and oxygen atoms in total. The Kier molecular flexibility index (Phi) is 6.87. The normalized spacial score (nSPS) is 45.5. The van der Waals surface area contributed by atoms with E-state index in [1.165, 1.54) is 64.2 Å². The van der Waals surface area contributed by atoms with Crippen molar-refractivity contribution in [2.24, 2.45) is 52.3 Å². The maximum atomic E-state index is 11.5. The number of esters is 1. The number of carbonyl (C=O) groups excluding carboxylic acids is 1. The quantitative estimate of drug-likeness (QED) is 0.398. The van der Waals surface area contributed by atoms with E-state index in [4.69, 9.17) is 4.74 Å². The number of fused-ring (bicyclic) bond motifs is 5. The van der Waals surface area contributed by atoms with Crippen LogP contribution in [0.4, 0.5) is 0 Å². The topological polar surface area (TPSA) is 26.3 Å². The molecule has 4 saturated carbocycles. The Morgan fingerprint density at radius 1 is 0.903 bits per heavy atom. The van der Waals surface area contributed by atoms with E-state index >= 15 is 0 Å². The highest BCUT2D eigenvalue weighted by molar-refractivity contribution is 5.66. The fourth-order valence-electron chi connectivity index (χ4n) is 9.59. The molecule has 0 aromatic carbocycles. The summed E-state index contributed by atoms with van der Waals surface area (Å²) in [6.45, 7) is 14.2. The van der Waals surface area contributed by atoms with Gasteiger partial charge in [-0.25, -0.2) is 0 Å². The van der Waals surface area contributed by atoms with Gasteiger partial charge in [0.05, 0.1) is 0 Å². The largest absolute Gasteiger partial charge is 0.463 e. The third kappa shape index (κ3) is 4.35. The zero-order valence-corrected chi connectivity index (χ0v) is 21.4. The summed E-state index contributed by atoms with van der Waals surface area (Å²) >= 11 is 0. The number of hydrogen-bond acceptors (Lipinski definition) is 2. The summed E-state index contributed by atoms with van der Waals surface area (Å²) in [7, 11) is 0. The Morgan fingerprint density at radius 3 is 2.32 bits per heavy atom. The summed E-state index contributed by atoms with van der Waals surface area (Å²) in [5, 5.41) is 0. The van der Waals surface area contributed by atoms with E-state index in [9.17, 15) is 4.79 Å². The molecule has 4 aliphatic rings. The monoisotopic (exact) mass is 430 g/mol. The fraction of sp³-hybridized carbons (Fsp3) is 0.966. The van der Waals surface area contributed by atoms with Crippen LogP contribution >= 0.6 is 0 Å². The predicted octanol–water partition coefficient (Wildman–Crippen LogP) is 8.04. The first-order chi connectivity index (χ1) is 14.6. The van der Waals surface area contributed by atoms with Gasteiger partial charge >= 0.3 is 5.97 Å². The lowest BCUT2D eigenvalue weighted by molar-refractivity contribution is -0.160. The van der Waals surface area contributed by atoms with Gasteiger partial charge in [-0.05, 0) is 110 Å². The lowest BCUT2D eigenvalue weighted by Gasteiger charge is -2.61. The van der Waals surface area contributed by atoms with Crippen LogP contribution in [0.2, 0.25) is 0 Å². The molecule has 0 aliphatic heterocycles. The highest BCUT2D eigenvalue weighted by Crippen LogP contribution is 2.68. The molecule has 31 heavy (non-hydrogen) atoms. The Balaban J connectivity index is 1.43. The van der Waals surface area contributed by atoms with Gasteiger partial charge in [-0.2, -0.15) is 0 Å². The van der Waals surface area contributed by atoms with Gasteiger partial charge < -0.3 is 4.74 Å². The fourth-order valence-corrected chi connectivity index (χ4v) is 9.59. The van der Waals surface area contributed by atoms with Crippen molar-refractivity contribution in [2.75, 3.05) is 0 Å². The second kappa shape index (κ2) is 9.02. The van der Waals surface area contributed by atoms with Crippen LogP contribution < -0.4 is 0 Å². The Labute approximate surface area is 192 Å². The van der Waals surface area contributed by atoms with Gasteiger partial charge in [0.2, 0.25) is 0 Å². The summed E-state index contributed by atoms with van der Waals surface area (Å²) in [5.41, 5.74) is 1.08. The molecule has 0 radical (unpaired) electrons. The van der Waals surface area contributed by atoms with Crippen molar-refractivity contribution < 1.29 is 9.53 Å². The summed E-state index contributed by atoms with van der Waals surface area (Å²) in [5.74, 6) is 6.22. The van der Waals surface area contributed by atoms with E-state index in [0.29, 0.717) is 10.8 Å². The molecule has 4 fully saturated rings. The molecule has 4 rings (SSSR count). The molecule has 0 aromatic rings. The molecule has 178 valence electrons. The lowest BCUT2D eigenvalue weighted by Crippen LogP contribution is -2.54. The molecule has 0 amide bonds. The smallest absolute Gasteiger partial charge is 0.302 e. The highest BCUT2D eigenvalue weighted by atomic mass is 16.5. The Hall–Kier alpha value is -0.530. The van der Waals surface area contributed by atoms with E-state index < -0.39 is 0 Å². The van der Waals surface area contributed by atoms with Crippen molar-refractivity contribution in [2.45, 2.75) is 125 Å². The molecule has 0 bridgehead atoms. The van der Waals surface area contributed by atoms with Crippen molar-refractivity contribution in [3.63, 3.8) is 0 Å². The van der Waals surface area contributed by atoms with Crippen molar-refractivity contribution >= 4 is 5.97 Å². The molecule has 0 N–H and O–H groups in total. The summed E-state index contributed by atoms with van der Waals surface area (Å²) in [6.07, 6.45) is 16.6. The van der Waals surface area contributed by atoms with Crippen LogP contribution in [-0.2, 0) is 9.53 Å². The standard InChI is InChI=1S/C29H50O2/c1-19(2)8-7-9-20(3)25-12-13-26-24-11-10-22-18-23(31-21(4)30)14-16-28(22,5)27(24)15-17-29(25,26)6/h19-20,22-27H,7-18H2,1-6H3/t20?,22-,23+,24?,25?,26?,27?,28?,29?/m1/s1. The molecule has 4 aliphatic carbocycles. The number of ether oxygens (including phenoxy) is 1. The van der Waals surface area contributed by atoms with E-state index in [0.717, 1.165) is 54.3 Å². The van der Waals surface area contributed by atoms with E-state index in [1.54, 1.807) is 6.92 Å². The van der Waals surface area contributed by atoms with Crippen LogP contribution in [0.15, 0.2) is 0 Å². The van der Waals surface area contributed by atoms with Crippen molar-refractivity contribution in [3.8, 4) is 0 Å². The SMILES string of the molecule is CC(=O)O[C@H]1CCC2(C)C3CCC4(C)C(C(C)CCCC(C)C)CCC4C3CC[C@@H]2C1. The minimum absolute atomic E-state index is 0.0877. The van der Waals surface area contributed by atoms with Crippen LogP contribution in [-0.4, -0.2) is 12.1 Å². The molecule has 2 heteroatoms. The first-order valence-electron chi connectivity index (χ1n) is 13.8. The number of rotatable bonds is 6. The van der Waals surface area contributed by atoms with Gasteiger partial charge in [-0.15, -0.1) is 0 Å². The first-order valence-corrected chi connectivity index (χ1v) is 13.8. The average molecular weight is 431 g/mol. The maximum Gasteiger partial charge on any atom is 0.302 e. The van der Waals surface area contributed by atoms with Crippen molar-refractivity contribution in [3.05, 3.63) is 0 Å². The lowest BCUT2D eigenvalue weighted by atomic mass is 9.44.